The maximum Gasteiger partial charge on any atom is 0.187 e. The van der Waals surface area contributed by atoms with Gasteiger partial charge in [0.1, 0.15) is 9.90 Å². The average Bonchev–Trinajstić information content (AvgIpc) is 3.08. The summed E-state index contributed by atoms with van der Waals surface area (Å²) in [5.41, 5.74) is 5.77. The van der Waals surface area contributed by atoms with E-state index >= 15 is 0 Å². The SMILES string of the molecule is CN1CCC(CNc2snc(N)c2S(=O)(=O)C2CC2)C1. The zero-order valence-electron chi connectivity index (χ0n) is 11.5. The molecule has 2 heterocycles. The number of nitrogens with one attached hydrogen (secondary N) is 1. The summed E-state index contributed by atoms with van der Waals surface area (Å²) in [6.45, 7) is 2.93. The molecule has 3 rings (SSSR count). The lowest BCUT2D eigenvalue weighted by Crippen LogP contribution is -2.20. The van der Waals surface area contributed by atoms with Gasteiger partial charge in [-0.3, -0.25) is 0 Å². The molecule has 0 aromatic carbocycles. The van der Waals surface area contributed by atoms with Crippen molar-refractivity contribution >= 4 is 32.2 Å². The van der Waals surface area contributed by atoms with Crippen LogP contribution >= 0.6 is 11.5 Å². The third-order valence-corrected chi connectivity index (χ3v) is 7.24. The van der Waals surface area contributed by atoms with Gasteiger partial charge in [-0.05, 0) is 50.3 Å². The van der Waals surface area contributed by atoms with Crippen molar-refractivity contribution in [3.8, 4) is 0 Å². The topological polar surface area (TPSA) is 88.3 Å². The summed E-state index contributed by atoms with van der Waals surface area (Å²) in [6, 6.07) is 0. The number of nitrogens with zero attached hydrogens (tertiary/aromatic N) is 2. The molecule has 20 heavy (non-hydrogen) atoms. The normalized spacial score (nSPS) is 24.1. The van der Waals surface area contributed by atoms with Gasteiger partial charge in [0.05, 0.1) is 5.25 Å². The molecule has 1 aromatic rings. The third kappa shape index (κ3) is 2.64. The first-order valence-corrected chi connectivity index (χ1v) is 9.22. The number of anilines is 2. The standard InChI is InChI=1S/C12H20N4O2S2/c1-16-5-4-8(7-16)6-14-12-10(11(13)15-19-12)20(17,18)9-2-3-9/h8-9,14H,2-7H2,1H3,(H2,13,15). The van der Waals surface area contributed by atoms with Crippen LogP contribution in [0.2, 0.25) is 0 Å². The van der Waals surface area contributed by atoms with Crippen LogP contribution in [0.15, 0.2) is 4.90 Å². The first-order chi connectivity index (χ1) is 9.48. The molecule has 0 spiro atoms. The van der Waals surface area contributed by atoms with Crippen LogP contribution in [0.25, 0.3) is 0 Å². The minimum absolute atomic E-state index is 0.146. The van der Waals surface area contributed by atoms with E-state index in [4.69, 9.17) is 5.73 Å². The highest BCUT2D eigenvalue weighted by Gasteiger charge is 2.40. The Morgan fingerprint density at radius 1 is 1.45 bits per heavy atom. The van der Waals surface area contributed by atoms with Crippen LogP contribution in [0.4, 0.5) is 10.8 Å². The van der Waals surface area contributed by atoms with Crippen LogP contribution < -0.4 is 11.1 Å². The fourth-order valence-electron chi connectivity index (χ4n) is 2.66. The van der Waals surface area contributed by atoms with E-state index < -0.39 is 9.84 Å². The fourth-order valence-corrected chi connectivity index (χ4v) is 5.55. The van der Waals surface area contributed by atoms with Crippen molar-refractivity contribution in [3.63, 3.8) is 0 Å². The molecule has 1 aromatic heterocycles. The quantitative estimate of drug-likeness (QED) is 0.843. The van der Waals surface area contributed by atoms with Crippen molar-refractivity contribution in [2.75, 3.05) is 37.7 Å². The number of rotatable bonds is 5. The third-order valence-electron chi connectivity index (χ3n) is 3.96. The molecule has 0 amide bonds. The van der Waals surface area contributed by atoms with Gasteiger partial charge in [-0.25, -0.2) is 8.42 Å². The van der Waals surface area contributed by atoms with E-state index in [0.717, 1.165) is 50.4 Å². The second kappa shape index (κ2) is 5.16. The molecule has 2 fully saturated rings. The van der Waals surface area contributed by atoms with Crippen molar-refractivity contribution in [3.05, 3.63) is 0 Å². The highest BCUT2D eigenvalue weighted by molar-refractivity contribution is 7.92. The molecule has 1 unspecified atom stereocenters. The maximum absolute atomic E-state index is 12.4. The average molecular weight is 316 g/mol. The Labute approximate surface area is 123 Å². The molecule has 2 aliphatic rings. The van der Waals surface area contributed by atoms with Gasteiger partial charge >= 0.3 is 0 Å². The Morgan fingerprint density at radius 3 is 2.80 bits per heavy atom. The van der Waals surface area contributed by atoms with Gasteiger partial charge in [0.2, 0.25) is 0 Å². The van der Waals surface area contributed by atoms with Crippen molar-refractivity contribution in [1.82, 2.24) is 9.27 Å². The van der Waals surface area contributed by atoms with E-state index in [2.05, 4.69) is 21.6 Å². The van der Waals surface area contributed by atoms with E-state index in [9.17, 15) is 8.42 Å². The Bertz CT molecular complexity index is 595. The largest absolute Gasteiger partial charge is 0.382 e. The molecule has 1 saturated heterocycles. The monoisotopic (exact) mass is 316 g/mol. The van der Waals surface area contributed by atoms with Crippen LogP contribution in [0.1, 0.15) is 19.3 Å². The zero-order valence-corrected chi connectivity index (χ0v) is 13.1. The van der Waals surface area contributed by atoms with Gasteiger partial charge in [-0.1, -0.05) is 0 Å². The van der Waals surface area contributed by atoms with E-state index in [1.54, 1.807) is 0 Å². The first kappa shape index (κ1) is 14.1. The van der Waals surface area contributed by atoms with Gasteiger partial charge < -0.3 is 16.0 Å². The summed E-state index contributed by atoms with van der Waals surface area (Å²) < 4.78 is 28.8. The summed E-state index contributed by atoms with van der Waals surface area (Å²) in [7, 11) is -1.19. The van der Waals surface area contributed by atoms with Crippen molar-refractivity contribution < 1.29 is 8.42 Å². The number of hydrogen-bond donors (Lipinski definition) is 2. The Morgan fingerprint density at radius 2 is 2.20 bits per heavy atom. The molecule has 1 atom stereocenters. The number of hydrogen-bond acceptors (Lipinski definition) is 7. The van der Waals surface area contributed by atoms with Crippen LogP contribution in [-0.2, 0) is 9.84 Å². The number of sulfone groups is 1. The van der Waals surface area contributed by atoms with Gasteiger partial charge in [-0.15, -0.1) is 0 Å². The molecule has 1 aliphatic carbocycles. The van der Waals surface area contributed by atoms with Crippen LogP contribution in [0, 0.1) is 5.92 Å². The van der Waals surface area contributed by atoms with Crippen molar-refractivity contribution in [1.29, 1.82) is 0 Å². The summed E-state index contributed by atoms with van der Waals surface area (Å²) in [4.78, 5) is 2.52. The van der Waals surface area contributed by atoms with Gasteiger partial charge in [0.15, 0.2) is 15.7 Å². The summed E-state index contributed by atoms with van der Waals surface area (Å²) in [5.74, 6) is 0.702. The summed E-state index contributed by atoms with van der Waals surface area (Å²) in [5, 5.41) is 3.62. The lowest BCUT2D eigenvalue weighted by Gasteiger charge is -2.12. The highest BCUT2D eigenvalue weighted by atomic mass is 32.2. The highest BCUT2D eigenvalue weighted by Crippen LogP contribution is 2.41. The van der Waals surface area contributed by atoms with Crippen LogP contribution in [0.5, 0.6) is 0 Å². The predicted octanol–water partition coefficient (Wildman–Crippen LogP) is 1.03. The summed E-state index contributed by atoms with van der Waals surface area (Å²) in [6.07, 6.45) is 2.62. The minimum Gasteiger partial charge on any atom is -0.382 e. The first-order valence-electron chi connectivity index (χ1n) is 6.90. The van der Waals surface area contributed by atoms with Gasteiger partial charge in [0, 0.05) is 13.1 Å². The second-order valence-corrected chi connectivity index (χ2v) is 8.71. The van der Waals surface area contributed by atoms with Crippen LogP contribution in [0.3, 0.4) is 0 Å². The second-order valence-electron chi connectivity index (χ2n) is 5.77. The minimum atomic E-state index is -3.29. The number of likely N-dealkylation sites (tertiary alicyclic amines) is 1. The zero-order chi connectivity index (χ0) is 14.3. The van der Waals surface area contributed by atoms with Crippen LogP contribution in [-0.4, -0.2) is 49.6 Å². The van der Waals surface area contributed by atoms with E-state index in [1.807, 2.05) is 0 Å². The molecule has 3 N–H and O–H groups in total. The number of aromatic nitrogens is 1. The van der Waals surface area contributed by atoms with E-state index in [1.165, 1.54) is 0 Å². The molecule has 1 saturated carbocycles. The molecular formula is C12H20N4O2S2. The fraction of sp³-hybridized carbons (Fsp3) is 0.750. The maximum atomic E-state index is 12.4. The lowest BCUT2D eigenvalue weighted by molar-refractivity contribution is 0.399. The molecule has 1 aliphatic heterocycles. The molecular weight excluding hydrogens is 296 g/mol. The smallest absolute Gasteiger partial charge is 0.187 e. The number of nitrogen functional groups attached to an aromatic ring is 1. The Kier molecular flexibility index (Phi) is 3.64. The Hall–Kier alpha value is -0.860. The predicted molar refractivity (Wildman–Crippen MR) is 80.8 cm³/mol. The lowest BCUT2D eigenvalue weighted by atomic mass is 10.1. The van der Waals surface area contributed by atoms with E-state index in [-0.39, 0.29) is 16.0 Å². The van der Waals surface area contributed by atoms with Gasteiger partial charge in [-0.2, -0.15) is 4.37 Å². The molecule has 8 heteroatoms. The number of nitrogens with two attached hydrogens (primary N) is 1. The molecule has 112 valence electrons. The molecule has 0 radical (unpaired) electrons. The van der Waals surface area contributed by atoms with Gasteiger partial charge in [0.25, 0.3) is 0 Å². The van der Waals surface area contributed by atoms with E-state index in [0.29, 0.717) is 10.9 Å². The Balaban J connectivity index is 1.74. The molecule has 0 bridgehead atoms. The van der Waals surface area contributed by atoms with Crippen molar-refractivity contribution in [2.45, 2.75) is 29.4 Å². The molecule has 6 nitrogen and oxygen atoms in total. The van der Waals surface area contributed by atoms with Crippen molar-refractivity contribution in [2.24, 2.45) is 5.92 Å². The summed E-state index contributed by atoms with van der Waals surface area (Å²) >= 11 is 1.15.